The number of hydrogen-bond donors (Lipinski definition) is 3. The Morgan fingerprint density at radius 3 is 1.90 bits per heavy atom. The SMILES string of the molecule is COc1cc(S(=O)(=O)c2ccc(Nc3ccccc3C(=O)O)c(OC)c2)ccc1Cc1ccccc1C(=O)O. The van der Waals surface area contributed by atoms with Gasteiger partial charge in [-0.15, -0.1) is 0 Å². The second-order valence-electron chi connectivity index (χ2n) is 8.45. The van der Waals surface area contributed by atoms with Crippen LogP contribution in [0.2, 0.25) is 0 Å². The Morgan fingerprint density at radius 1 is 0.692 bits per heavy atom. The fraction of sp³-hybridized carbons (Fsp3) is 0.103. The number of nitrogens with one attached hydrogen (secondary N) is 1. The van der Waals surface area contributed by atoms with Gasteiger partial charge in [0, 0.05) is 12.5 Å². The molecule has 0 amide bonds. The third-order valence-corrected chi connectivity index (χ3v) is 7.86. The highest BCUT2D eigenvalue weighted by molar-refractivity contribution is 7.91. The molecule has 4 aromatic rings. The summed E-state index contributed by atoms with van der Waals surface area (Å²) in [5, 5.41) is 21.9. The maximum atomic E-state index is 13.5. The van der Waals surface area contributed by atoms with Gasteiger partial charge in [0.2, 0.25) is 9.84 Å². The van der Waals surface area contributed by atoms with Gasteiger partial charge in [-0.2, -0.15) is 0 Å². The number of carboxylic acids is 2. The molecule has 39 heavy (non-hydrogen) atoms. The van der Waals surface area contributed by atoms with Crippen molar-refractivity contribution >= 4 is 33.2 Å². The number of carboxylic acid groups (broad SMARTS) is 2. The first-order valence-electron chi connectivity index (χ1n) is 11.7. The molecular formula is C29H25NO8S. The fourth-order valence-corrected chi connectivity index (χ4v) is 5.42. The molecule has 3 N–H and O–H groups in total. The number of sulfone groups is 1. The van der Waals surface area contributed by atoms with Crippen LogP contribution in [-0.2, 0) is 16.3 Å². The molecule has 0 fully saturated rings. The number of para-hydroxylation sites is 1. The van der Waals surface area contributed by atoms with E-state index in [-0.39, 0.29) is 33.1 Å². The van der Waals surface area contributed by atoms with E-state index >= 15 is 0 Å². The van der Waals surface area contributed by atoms with Gasteiger partial charge in [0.05, 0.1) is 46.5 Å². The average molecular weight is 548 g/mol. The van der Waals surface area contributed by atoms with E-state index in [0.717, 1.165) is 0 Å². The first kappa shape index (κ1) is 27.2. The second kappa shape index (κ2) is 11.3. The predicted octanol–water partition coefficient (Wildman–Crippen LogP) is 5.27. The van der Waals surface area contributed by atoms with Gasteiger partial charge in [-0.05, 0) is 53.6 Å². The van der Waals surface area contributed by atoms with Crippen molar-refractivity contribution in [2.75, 3.05) is 19.5 Å². The molecule has 0 bridgehead atoms. The van der Waals surface area contributed by atoms with E-state index in [4.69, 9.17) is 9.47 Å². The molecule has 0 aromatic heterocycles. The van der Waals surface area contributed by atoms with Gasteiger partial charge >= 0.3 is 11.9 Å². The maximum Gasteiger partial charge on any atom is 0.337 e. The molecule has 0 aliphatic carbocycles. The zero-order valence-corrected chi connectivity index (χ0v) is 21.9. The zero-order chi connectivity index (χ0) is 28.2. The quantitative estimate of drug-likeness (QED) is 0.242. The van der Waals surface area contributed by atoms with E-state index in [1.165, 1.54) is 56.7 Å². The third kappa shape index (κ3) is 5.70. The largest absolute Gasteiger partial charge is 0.496 e. The van der Waals surface area contributed by atoms with Crippen LogP contribution in [0.25, 0.3) is 0 Å². The van der Waals surface area contributed by atoms with Gasteiger partial charge in [-0.25, -0.2) is 18.0 Å². The molecule has 0 radical (unpaired) electrons. The summed E-state index contributed by atoms with van der Waals surface area (Å²) in [5.74, 6) is -1.67. The summed E-state index contributed by atoms with van der Waals surface area (Å²) in [5.41, 5.74) is 2.10. The number of rotatable bonds is 10. The Morgan fingerprint density at radius 2 is 1.26 bits per heavy atom. The summed E-state index contributed by atoms with van der Waals surface area (Å²) in [4.78, 5) is 23.1. The average Bonchev–Trinajstić information content (AvgIpc) is 2.93. The smallest absolute Gasteiger partial charge is 0.337 e. The third-order valence-electron chi connectivity index (χ3n) is 6.11. The van der Waals surface area contributed by atoms with Gasteiger partial charge in [-0.3, -0.25) is 0 Å². The van der Waals surface area contributed by atoms with E-state index < -0.39 is 21.8 Å². The number of carbonyl (C=O) groups is 2. The van der Waals surface area contributed by atoms with Crippen LogP contribution in [-0.4, -0.2) is 44.8 Å². The van der Waals surface area contributed by atoms with E-state index in [9.17, 15) is 28.2 Å². The van der Waals surface area contributed by atoms with Crippen molar-refractivity contribution in [1.82, 2.24) is 0 Å². The number of ether oxygens (including phenoxy) is 2. The van der Waals surface area contributed by atoms with Gasteiger partial charge in [-0.1, -0.05) is 36.4 Å². The molecule has 0 aliphatic rings. The lowest BCUT2D eigenvalue weighted by Crippen LogP contribution is -2.07. The van der Waals surface area contributed by atoms with Crippen LogP contribution in [0, 0.1) is 0 Å². The van der Waals surface area contributed by atoms with Gasteiger partial charge in [0.1, 0.15) is 11.5 Å². The number of benzene rings is 4. The van der Waals surface area contributed by atoms with Gasteiger partial charge in [0.25, 0.3) is 0 Å². The highest BCUT2D eigenvalue weighted by Crippen LogP contribution is 2.35. The maximum absolute atomic E-state index is 13.5. The molecule has 9 nitrogen and oxygen atoms in total. The monoisotopic (exact) mass is 547 g/mol. The van der Waals surface area contributed by atoms with Crippen molar-refractivity contribution in [3.63, 3.8) is 0 Å². The molecule has 0 unspecified atom stereocenters. The molecule has 0 aliphatic heterocycles. The minimum absolute atomic E-state index is 0.0198. The molecule has 0 atom stereocenters. The number of aromatic carboxylic acids is 2. The summed E-state index contributed by atoms with van der Waals surface area (Å²) < 4.78 is 37.9. The minimum Gasteiger partial charge on any atom is -0.496 e. The lowest BCUT2D eigenvalue weighted by Gasteiger charge is -2.15. The Kier molecular flexibility index (Phi) is 7.87. The molecule has 0 saturated carbocycles. The van der Waals surface area contributed by atoms with Crippen molar-refractivity contribution in [3.8, 4) is 11.5 Å². The van der Waals surface area contributed by atoms with Crippen LogP contribution in [0.1, 0.15) is 31.8 Å². The van der Waals surface area contributed by atoms with Crippen LogP contribution in [0.3, 0.4) is 0 Å². The number of anilines is 2. The molecule has 200 valence electrons. The van der Waals surface area contributed by atoms with Crippen LogP contribution in [0.4, 0.5) is 11.4 Å². The highest BCUT2D eigenvalue weighted by atomic mass is 32.2. The first-order valence-corrected chi connectivity index (χ1v) is 13.1. The van der Waals surface area contributed by atoms with E-state index in [2.05, 4.69) is 5.32 Å². The van der Waals surface area contributed by atoms with Crippen molar-refractivity contribution in [2.24, 2.45) is 0 Å². The Balaban J connectivity index is 1.67. The summed E-state index contributed by atoms with van der Waals surface area (Å²) in [7, 11) is -1.21. The Bertz CT molecular complexity index is 1550. The minimum atomic E-state index is -4.00. The molecular weight excluding hydrogens is 522 g/mol. The van der Waals surface area contributed by atoms with Crippen molar-refractivity contribution < 1.29 is 37.7 Å². The summed E-state index contributed by atoms with van der Waals surface area (Å²) in [6, 6.07) is 21.6. The lowest BCUT2D eigenvalue weighted by molar-refractivity contribution is 0.0686. The molecule has 4 aromatic carbocycles. The Hall–Kier alpha value is -4.83. The van der Waals surface area contributed by atoms with Crippen LogP contribution in [0.15, 0.2) is 94.7 Å². The normalized spacial score (nSPS) is 11.0. The number of hydrogen-bond acceptors (Lipinski definition) is 7. The zero-order valence-electron chi connectivity index (χ0n) is 21.0. The standard InChI is InChI=1S/C29H25NO8S/c1-37-26-16-20(12-11-19(26)15-18-7-3-4-8-22(18)28(31)32)39(35,36)21-13-14-25(27(17-21)38-2)30-24-10-6-5-9-23(24)29(33)34/h3-14,16-17,30H,15H2,1-2H3,(H,31,32)(H,33,34). The molecule has 4 rings (SSSR count). The molecule has 0 spiro atoms. The predicted molar refractivity (Wildman–Crippen MR) is 144 cm³/mol. The van der Waals surface area contributed by atoms with Gasteiger partial charge in [0.15, 0.2) is 0 Å². The number of methoxy groups -OCH3 is 2. The lowest BCUT2D eigenvalue weighted by atomic mass is 9.99. The van der Waals surface area contributed by atoms with Crippen LogP contribution in [0.5, 0.6) is 11.5 Å². The Labute approximate surface area is 225 Å². The molecule has 0 saturated heterocycles. The summed E-state index contributed by atoms with van der Waals surface area (Å²) in [6.45, 7) is 0. The van der Waals surface area contributed by atoms with Gasteiger partial charge < -0.3 is 25.0 Å². The first-order chi connectivity index (χ1) is 18.6. The van der Waals surface area contributed by atoms with E-state index in [1.807, 2.05) is 0 Å². The second-order valence-corrected chi connectivity index (χ2v) is 10.4. The highest BCUT2D eigenvalue weighted by Gasteiger charge is 2.22. The van der Waals surface area contributed by atoms with E-state index in [0.29, 0.717) is 28.3 Å². The molecule has 0 heterocycles. The van der Waals surface area contributed by atoms with Crippen molar-refractivity contribution in [2.45, 2.75) is 16.2 Å². The van der Waals surface area contributed by atoms with E-state index in [1.54, 1.807) is 42.5 Å². The summed E-state index contributed by atoms with van der Waals surface area (Å²) in [6.07, 6.45) is 0.234. The topological polar surface area (TPSA) is 139 Å². The van der Waals surface area contributed by atoms with Crippen molar-refractivity contribution in [1.29, 1.82) is 0 Å². The van der Waals surface area contributed by atoms with Crippen LogP contribution < -0.4 is 14.8 Å². The van der Waals surface area contributed by atoms with Crippen molar-refractivity contribution in [3.05, 3.63) is 107 Å². The molecule has 10 heteroatoms. The fourth-order valence-electron chi connectivity index (χ4n) is 4.13. The van der Waals surface area contributed by atoms with Crippen LogP contribution >= 0.6 is 0 Å². The summed E-state index contributed by atoms with van der Waals surface area (Å²) >= 11 is 0.